The molecule has 0 saturated carbocycles. The number of rotatable bonds is 3. The summed E-state index contributed by atoms with van der Waals surface area (Å²) in [5, 5.41) is 9.45. The molecule has 4 heteroatoms. The standard InChI is InChI=1S/C10H10O4/c1-6(12)10-7(5-11)3-8(14-2)4-9(10)13/h3-5,13H,1-2H3. The highest BCUT2D eigenvalue weighted by Gasteiger charge is 2.14. The average molecular weight is 194 g/mol. The van der Waals surface area contributed by atoms with Gasteiger partial charge in [-0.3, -0.25) is 9.59 Å². The van der Waals surface area contributed by atoms with Crippen LogP contribution >= 0.6 is 0 Å². The number of aldehydes is 1. The third-order valence-electron chi connectivity index (χ3n) is 1.84. The van der Waals surface area contributed by atoms with Crippen molar-refractivity contribution in [1.82, 2.24) is 0 Å². The molecule has 0 unspecified atom stereocenters. The average Bonchev–Trinajstić information content (AvgIpc) is 2.15. The lowest BCUT2D eigenvalue weighted by atomic mass is 10.0. The topological polar surface area (TPSA) is 63.6 Å². The molecule has 0 radical (unpaired) electrons. The van der Waals surface area contributed by atoms with Gasteiger partial charge >= 0.3 is 0 Å². The maximum Gasteiger partial charge on any atom is 0.164 e. The van der Waals surface area contributed by atoms with Crippen LogP contribution in [0.3, 0.4) is 0 Å². The van der Waals surface area contributed by atoms with E-state index in [0.29, 0.717) is 12.0 Å². The molecule has 0 saturated heterocycles. The van der Waals surface area contributed by atoms with E-state index in [-0.39, 0.29) is 22.7 Å². The van der Waals surface area contributed by atoms with Gasteiger partial charge in [-0.2, -0.15) is 0 Å². The van der Waals surface area contributed by atoms with Crippen LogP contribution in [0.1, 0.15) is 27.6 Å². The molecule has 1 rings (SSSR count). The van der Waals surface area contributed by atoms with Crippen LogP contribution in [0.2, 0.25) is 0 Å². The van der Waals surface area contributed by atoms with Crippen LogP contribution in [-0.4, -0.2) is 24.3 Å². The Hall–Kier alpha value is -1.84. The fourth-order valence-corrected chi connectivity index (χ4v) is 1.22. The summed E-state index contributed by atoms with van der Waals surface area (Å²) in [6.07, 6.45) is 0.513. The Morgan fingerprint density at radius 3 is 2.57 bits per heavy atom. The lowest BCUT2D eigenvalue weighted by Crippen LogP contribution is -2.00. The van der Waals surface area contributed by atoms with Crippen molar-refractivity contribution in [2.75, 3.05) is 7.11 Å². The van der Waals surface area contributed by atoms with Crippen molar-refractivity contribution in [3.05, 3.63) is 23.3 Å². The number of ether oxygens (including phenoxy) is 1. The Morgan fingerprint density at radius 1 is 1.50 bits per heavy atom. The van der Waals surface area contributed by atoms with Gasteiger partial charge in [-0.25, -0.2) is 0 Å². The van der Waals surface area contributed by atoms with Gasteiger partial charge in [-0.15, -0.1) is 0 Å². The second-order valence-corrected chi connectivity index (χ2v) is 2.78. The first-order valence-electron chi connectivity index (χ1n) is 3.97. The molecule has 0 fully saturated rings. The molecule has 0 amide bonds. The molecule has 0 spiro atoms. The fourth-order valence-electron chi connectivity index (χ4n) is 1.22. The molecule has 0 aromatic heterocycles. The maximum absolute atomic E-state index is 11.1. The highest BCUT2D eigenvalue weighted by molar-refractivity contribution is 6.04. The SMILES string of the molecule is COc1cc(O)c(C(C)=O)c(C=O)c1. The first-order chi connectivity index (χ1) is 6.60. The van der Waals surface area contributed by atoms with Gasteiger partial charge in [0.15, 0.2) is 12.1 Å². The maximum atomic E-state index is 11.1. The van der Waals surface area contributed by atoms with Crippen molar-refractivity contribution < 1.29 is 19.4 Å². The number of benzene rings is 1. The summed E-state index contributed by atoms with van der Waals surface area (Å²) in [5.41, 5.74) is 0.162. The number of methoxy groups -OCH3 is 1. The van der Waals surface area contributed by atoms with Crippen molar-refractivity contribution in [3.8, 4) is 11.5 Å². The molecule has 1 aromatic carbocycles. The zero-order valence-electron chi connectivity index (χ0n) is 7.90. The van der Waals surface area contributed by atoms with E-state index in [2.05, 4.69) is 0 Å². The van der Waals surface area contributed by atoms with Gasteiger partial charge in [0.05, 0.1) is 12.7 Å². The third-order valence-corrected chi connectivity index (χ3v) is 1.84. The minimum atomic E-state index is -0.354. The van der Waals surface area contributed by atoms with Crippen LogP contribution in [0, 0.1) is 0 Å². The van der Waals surface area contributed by atoms with E-state index in [1.165, 1.54) is 26.2 Å². The molecule has 0 aliphatic carbocycles. The predicted octanol–water partition coefficient (Wildman–Crippen LogP) is 1.42. The van der Waals surface area contributed by atoms with Crippen LogP contribution in [0.25, 0.3) is 0 Å². The van der Waals surface area contributed by atoms with E-state index in [1.54, 1.807) is 0 Å². The Morgan fingerprint density at radius 2 is 2.14 bits per heavy atom. The zero-order valence-corrected chi connectivity index (χ0v) is 7.90. The van der Waals surface area contributed by atoms with Gasteiger partial charge in [0, 0.05) is 11.6 Å². The fraction of sp³-hybridized carbons (Fsp3) is 0.200. The smallest absolute Gasteiger partial charge is 0.164 e. The van der Waals surface area contributed by atoms with E-state index < -0.39 is 0 Å². The number of Topliss-reactive ketones (excluding diaryl/α,β-unsaturated/α-hetero) is 1. The first-order valence-corrected chi connectivity index (χ1v) is 3.97. The van der Waals surface area contributed by atoms with E-state index in [9.17, 15) is 14.7 Å². The molecule has 0 atom stereocenters. The number of phenols is 1. The number of carbonyl (C=O) groups excluding carboxylic acids is 2. The quantitative estimate of drug-likeness (QED) is 0.583. The lowest BCUT2D eigenvalue weighted by molar-refractivity contribution is 0.100. The monoisotopic (exact) mass is 194 g/mol. The number of carbonyl (C=O) groups is 2. The molecule has 1 N–H and O–H groups in total. The van der Waals surface area contributed by atoms with Crippen LogP contribution in [0.15, 0.2) is 12.1 Å². The molecule has 74 valence electrons. The number of ketones is 1. The molecular weight excluding hydrogens is 184 g/mol. The summed E-state index contributed by atoms with van der Waals surface area (Å²) in [6, 6.07) is 2.70. The predicted molar refractivity (Wildman–Crippen MR) is 50.1 cm³/mol. The van der Waals surface area contributed by atoms with Gasteiger partial charge in [-0.1, -0.05) is 0 Å². The Balaban J connectivity index is 3.42. The van der Waals surface area contributed by atoms with E-state index in [1.807, 2.05) is 0 Å². The van der Waals surface area contributed by atoms with Gasteiger partial charge in [-0.05, 0) is 13.0 Å². The lowest BCUT2D eigenvalue weighted by Gasteiger charge is -2.06. The summed E-state index contributed by atoms with van der Waals surface area (Å²) in [7, 11) is 1.41. The van der Waals surface area contributed by atoms with Gasteiger partial charge in [0.25, 0.3) is 0 Å². The highest BCUT2D eigenvalue weighted by Crippen LogP contribution is 2.27. The molecule has 1 aromatic rings. The minimum absolute atomic E-state index is 0.0285. The van der Waals surface area contributed by atoms with Crippen LogP contribution < -0.4 is 4.74 Å². The number of aromatic hydroxyl groups is 1. The summed E-state index contributed by atoms with van der Waals surface area (Å²) in [6.45, 7) is 1.29. The summed E-state index contributed by atoms with van der Waals surface area (Å²) in [4.78, 5) is 21.7. The van der Waals surface area contributed by atoms with Crippen LogP contribution in [-0.2, 0) is 0 Å². The van der Waals surface area contributed by atoms with Crippen LogP contribution in [0.4, 0.5) is 0 Å². The normalized spacial score (nSPS) is 9.57. The molecule has 0 aliphatic rings. The third kappa shape index (κ3) is 1.74. The summed E-state index contributed by atoms with van der Waals surface area (Å²) in [5.74, 6) is -0.249. The largest absolute Gasteiger partial charge is 0.507 e. The highest BCUT2D eigenvalue weighted by atomic mass is 16.5. The van der Waals surface area contributed by atoms with Gasteiger partial charge in [0.2, 0.25) is 0 Å². The van der Waals surface area contributed by atoms with Crippen molar-refractivity contribution in [2.24, 2.45) is 0 Å². The first kappa shape index (κ1) is 10.2. The molecule has 14 heavy (non-hydrogen) atoms. The second-order valence-electron chi connectivity index (χ2n) is 2.78. The molecule has 0 aliphatic heterocycles. The van der Waals surface area contributed by atoms with Crippen molar-refractivity contribution in [2.45, 2.75) is 6.92 Å². The number of phenolic OH excluding ortho intramolecular Hbond substituents is 1. The van der Waals surface area contributed by atoms with E-state index in [0.717, 1.165) is 0 Å². The molecule has 0 heterocycles. The Bertz CT molecular complexity index is 382. The molecule has 4 nitrogen and oxygen atoms in total. The van der Waals surface area contributed by atoms with Gasteiger partial charge < -0.3 is 9.84 Å². The number of hydrogen-bond donors (Lipinski definition) is 1. The second kappa shape index (κ2) is 3.91. The van der Waals surface area contributed by atoms with Crippen molar-refractivity contribution >= 4 is 12.1 Å². The van der Waals surface area contributed by atoms with E-state index >= 15 is 0 Å². The summed E-state index contributed by atoms with van der Waals surface area (Å²) >= 11 is 0. The minimum Gasteiger partial charge on any atom is -0.507 e. The van der Waals surface area contributed by atoms with Crippen molar-refractivity contribution in [1.29, 1.82) is 0 Å². The van der Waals surface area contributed by atoms with Crippen molar-refractivity contribution in [3.63, 3.8) is 0 Å². The van der Waals surface area contributed by atoms with E-state index in [4.69, 9.17) is 4.74 Å². The zero-order chi connectivity index (χ0) is 10.7. The number of hydrogen-bond acceptors (Lipinski definition) is 4. The Labute approximate surface area is 81.1 Å². The molecular formula is C10H10O4. The molecule has 0 bridgehead atoms. The Kier molecular flexibility index (Phi) is 2.86. The summed E-state index contributed by atoms with van der Waals surface area (Å²) < 4.78 is 4.84. The van der Waals surface area contributed by atoms with Gasteiger partial charge in [0.1, 0.15) is 11.5 Å². The van der Waals surface area contributed by atoms with Crippen LogP contribution in [0.5, 0.6) is 11.5 Å².